The number of benzene rings is 2. The van der Waals surface area contributed by atoms with Crippen molar-refractivity contribution in [2.75, 3.05) is 5.32 Å². The van der Waals surface area contributed by atoms with E-state index in [4.69, 9.17) is 5.73 Å². The summed E-state index contributed by atoms with van der Waals surface area (Å²) in [5.74, 6) is -1.38. The lowest BCUT2D eigenvalue weighted by molar-refractivity contribution is -0.137. The summed E-state index contributed by atoms with van der Waals surface area (Å²) < 4.78 is 38.7. The number of nitrogens with one attached hydrogen (secondary N) is 2. The minimum atomic E-state index is -4.55. The topological polar surface area (TPSA) is 101 Å². The van der Waals surface area contributed by atoms with Crippen LogP contribution in [0.4, 0.5) is 18.9 Å². The molecule has 2 unspecified atom stereocenters. The minimum Gasteiger partial charge on any atom is -0.343 e. The maximum Gasteiger partial charge on any atom is 0.416 e. The van der Waals surface area contributed by atoms with Gasteiger partial charge in [-0.1, -0.05) is 36.4 Å². The SMILES string of the molecule is NC(CC=O)C(=O)NC(CCc1ccccc1)C(=O)Nc1cccc(C(F)(F)F)c1. The normalized spacial score (nSPS) is 13.2. The molecule has 30 heavy (non-hydrogen) atoms. The Balaban J connectivity index is 2.14. The van der Waals surface area contributed by atoms with Crippen LogP contribution in [0.1, 0.15) is 24.0 Å². The molecule has 0 aromatic heterocycles. The summed E-state index contributed by atoms with van der Waals surface area (Å²) in [6.07, 6.45) is -3.65. The number of carbonyl (C=O) groups excluding carboxylic acids is 3. The lowest BCUT2D eigenvalue weighted by Gasteiger charge is -2.20. The molecule has 0 aliphatic heterocycles. The van der Waals surface area contributed by atoms with Gasteiger partial charge in [0.2, 0.25) is 11.8 Å². The van der Waals surface area contributed by atoms with Crippen molar-refractivity contribution < 1.29 is 27.6 Å². The number of aryl methyl sites for hydroxylation is 1. The first-order chi connectivity index (χ1) is 14.2. The molecule has 2 atom stereocenters. The molecule has 2 aromatic rings. The molecule has 2 rings (SSSR count). The molecular formula is C21H22F3N3O3. The Labute approximate surface area is 171 Å². The molecular weight excluding hydrogens is 399 g/mol. The standard InChI is InChI=1S/C21H22F3N3O3/c22-21(23,24)15-7-4-8-16(13-15)26-20(30)18(27-19(29)17(25)11-12-28)10-9-14-5-2-1-3-6-14/h1-8,12-13,17-18H,9-11,25H2,(H,26,30)(H,27,29). The second kappa shape index (κ2) is 10.5. The molecule has 160 valence electrons. The maximum atomic E-state index is 12.9. The molecule has 0 heterocycles. The first-order valence-electron chi connectivity index (χ1n) is 9.22. The average molecular weight is 421 g/mol. The van der Waals surface area contributed by atoms with Crippen LogP contribution in [-0.2, 0) is 27.0 Å². The Hall–Kier alpha value is -3.20. The molecule has 0 spiro atoms. The largest absolute Gasteiger partial charge is 0.416 e. The van der Waals surface area contributed by atoms with Crippen LogP contribution in [0.25, 0.3) is 0 Å². The van der Waals surface area contributed by atoms with Crippen molar-refractivity contribution >= 4 is 23.8 Å². The molecule has 0 saturated carbocycles. The van der Waals surface area contributed by atoms with Crippen molar-refractivity contribution in [2.45, 2.75) is 37.5 Å². The van der Waals surface area contributed by atoms with Crippen molar-refractivity contribution in [3.8, 4) is 0 Å². The van der Waals surface area contributed by atoms with Crippen LogP contribution in [0.2, 0.25) is 0 Å². The van der Waals surface area contributed by atoms with Gasteiger partial charge in [-0.3, -0.25) is 9.59 Å². The molecule has 9 heteroatoms. The number of hydrogen-bond acceptors (Lipinski definition) is 4. The molecule has 0 saturated heterocycles. The Kier molecular flexibility index (Phi) is 8.11. The summed E-state index contributed by atoms with van der Waals surface area (Å²) in [5, 5.41) is 4.88. The van der Waals surface area contributed by atoms with Crippen molar-refractivity contribution in [2.24, 2.45) is 5.73 Å². The maximum absolute atomic E-state index is 12.9. The van der Waals surface area contributed by atoms with Crippen molar-refractivity contribution in [1.29, 1.82) is 0 Å². The van der Waals surface area contributed by atoms with Gasteiger partial charge in [0, 0.05) is 12.1 Å². The third-order valence-corrected chi connectivity index (χ3v) is 4.34. The number of hydrogen-bond donors (Lipinski definition) is 3. The Bertz CT molecular complexity index is 873. The Morgan fingerprint density at radius 3 is 2.37 bits per heavy atom. The minimum absolute atomic E-state index is 0.0500. The van der Waals surface area contributed by atoms with Crippen LogP contribution < -0.4 is 16.4 Å². The van der Waals surface area contributed by atoms with E-state index in [0.717, 1.165) is 17.7 Å². The highest BCUT2D eigenvalue weighted by atomic mass is 19.4. The van der Waals surface area contributed by atoms with E-state index in [0.29, 0.717) is 12.7 Å². The van der Waals surface area contributed by atoms with Gasteiger partial charge in [-0.15, -0.1) is 0 Å². The van der Waals surface area contributed by atoms with Crippen LogP contribution in [0.3, 0.4) is 0 Å². The smallest absolute Gasteiger partial charge is 0.343 e. The quantitative estimate of drug-likeness (QED) is 0.542. The summed E-state index contributed by atoms with van der Waals surface area (Å²) in [7, 11) is 0. The van der Waals surface area contributed by atoms with Gasteiger partial charge in [0.1, 0.15) is 12.3 Å². The van der Waals surface area contributed by atoms with E-state index in [2.05, 4.69) is 10.6 Å². The zero-order valence-electron chi connectivity index (χ0n) is 16.0. The molecule has 2 aromatic carbocycles. The molecule has 0 fully saturated rings. The zero-order chi connectivity index (χ0) is 22.1. The van der Waals surface area contributed by atoms with Crippen LogP contribution in [0.15, 0.2) is 54.6 Å². The van der Waals surface area contributed by atoms with Gasteiger partial charge in [-0.2, -0.15) is 13.2 Å². The van der Waals surface area contributed by atoms with Crippen molar-refractivity contribution in [3.63, 3.8) is 0 Å². The number of alkyl halides is 3. The molecule has 0 aliphatic rings. The summed E-state index contributed by atoms with van der Waals surface area (Å²) in [5.41, 5.74) is 5.57. The van der Waals surface area contributed by atoms with Crippen LogP contribution in [-0.4, -0.2) is 30.2 Å². The van der Waals surface area contributed by atoms with Crippen LogP contribution in [0.5, 0.6) is 0 Å². The fourth-order valence-corrected chi connectivity index (χ4v) is 2.72. The van der Waals surface area contributed by atoms with Gasteiger partial charge >= 0.3 is 6.18 Å². The van der Waals surface area contributed by atoms with Crippen LogP contribution >= 0.6 is 0 Å². The van der Waals surface area contributed by atoms with E-state index in [1.54, 1.807) is 0 Å². The average Bonchev–Trinajstić information content (AvgIpc) is 2.71. The van der Waals surface area contributed by atoms with Gasteiger partial charge in [0.15, 0.2) is 0 Å². The van der Waals surface area contributed by atoms with Gasteiger partial charge in [0.25, 0.3) is 0 Å². The predicted molar refractivity (Wildman–Crippen MR) is 105 cm³/mol. The summed E-state index contributed by atoms with van der Waals surface area (Å²) >= 11 is 0. The summed E-state index contributed by atoms with van der Waals surface area (Å²) in [6.45, 7) is 0. The fourth-order valence-electron chi connectivity index (χ4n) is 2.72. The number of aldehydes is 1. The highest BCUT2D eigenvalue weighted by Crippen LogP contribution is 2.30. The Morgan fingerprint density at radius 2 is 1.73 bits per heavy atom. The number of amides is 2. The molecule has 6 nitrogen and oxygen atoms in total. The first kappa shape index (κ1) is 23.1. The van der Waals surface area contributed by atoms with E-state index in [-0.39, 0.29) is 18.5 Å². The van der Waals surface area contributed by atoms with Crippen molar-refractivity contribution in [1.82, 2.24) is 5.32 Å². The molecule has 2 amide bonds. The summed E-state index contributed by atoms with van der Waals surface area (Å²) in [4.78, 5) is 35.4. The van der Waals surface area contributed by atoms with E-state index in [1.807, 2.05) is 30.3 Å². The van der Waals surface area contributed by atoms with E-state index < -0.39 is 35.6 Å². The highest BCUT2D eigenvalue weighted by molar-refractivity contribution is 5.98. The second-order valence-electron chi connectivity index (χ2n) is 6.66. The Morgan fingerprint density at radius 1 is 1.03 bits per heavy atom. The molecule has 4 N–H and O–H groups in total. The van der Waals surface area contributed by atoms with Crippen molar-refractivity contribution in [3.05, 3.63) is 65.7 Å². The van der Waals surface area contributed by atoms with E-state index >= 15 is 0 Å². The third-order valence-electron chi connectivity index (χ3n) is 4.34. The number of carbonyl (C=O) groups is 3. The fraction of sp³-hybridized carbons (Fsp3) is 0.286. The third kappa shape index (κ3) is 7.00. The first-order valence-corrected chi connectivity index (χ1v) is 9.22. The predicted octanol–water partition coefficient (Wildman–Crippen LogP) is 2.68. The number of halogens is 3. The van der Waals surface area contributed by atoms with Gasteiger partial charge in [-0.25, -0.2) is 0 Å². The zero-order valence-corrected chi connectivity index (χ0v) is 16.0. The number of rotatable bonds is 9. The molecule has 0 bridgehead atoms. The van der Waals surface area contributed by atoms with Gasteiger partial charge < -0.3 is 21.2 Å². The van der Waals surface area contributed by atoms with Gasteiger partial charge in [-0.05, 0) is 36.6 Å². The number of anilines is 1. The lowest BCUT2D eigenvalue weighted by atomic mass is 10.0. The molecule has 0 radical (unpaired) electrons. The van der Waals surface area contributed by atoms with E-state index in [1.165, 1.54) is 12.1 Å². The second-order valence-corrected chi connectivity index (χ2v) is 6.66. The summed E-state index contributed by atoms with van der Waals surface area (Å²) in [6, 6.07) is 11.2. The molecule has 0 aliphatic carbocycles. The van der Waals surface area contributed by atoms with Crippen LogP contribution in [0, 0.1) is 0 Å². The lowest BCUT2D eigenvalue weighted by Crippen LogP contribution is -2.50. The number of nitrogens with two attached hydrogens (primary N) is 1. The van der Waals surface area contributed by atoms with Gasteiger partial charge in [0.05, 0.1) is 11.6 Å². The van der Waals surface area contributed by atoms with E-state index in [9.17, 15) is 27.6 Å². The monoisotopic (exact) mass is 421 g/mol. The highest BCUT2D eigenvalue weighted by Gasteiger charge is 2.31.